The van der Waals surface area contributed by atoms with Gasteiger partial charge in [-0.25, -0.2) is 21.6 Å². The molecule has 158 valence electrons. The normalized spacial score (nSPS) is 11.8. The van der Waals surface area contributed by atoms with Crippen LogP contribution in [0.5, 0.6) is 5.75 Å². The van der Waals surface area contributed by atoms with Crippen LogP contribution in [0.1, 0.15) is 22.3 Å². The van der Waals surface area contributed by atoms with Gasteiger partial charge >= 0.3 is 0 Å². The summed E-state index contributed by atoms with van der Waals surface area (Å²) < 4.78 is 55.7. The van der Waals surface area contributed by atoms with Gasteiger partial charge in [0.1, 0.15) is 10.6 Å². The molecule has 8 nitrogen and oxygen atoms in total. The van der Waals surface area contributed by atoms with Gasteiger partial charge in [-0.1, -0.05) is 30.3 Å². The minimum Gasteiger partial charge on any atom is -0.495 e. The molecule has 10 heteroatoms. The second-order valence-electron chi connectivity index (χ2n) is 6.26. The fraction of sp³-hybridized carbons (Fsp3) is 0.316. The predicted molar refractivity (Wildman–Crippen MR) is 110 cm³/mol. The first-order chi connectivity index (χ1) is 13.7. The maximum absolute atomic E-state index is 12.3. The number of amides is 1. The second kappa shape index (κ2) is 9.86. The summed E-state index contributed by atoms with van der Waals surface area (Å²) in [6.45, 7) is 0.146. The number of carbonyl (C=O) groups is 1. The van der Waals surface area contributed by atoms with Crippen molar-refractivity contribution in [1.29, 1.82) is 0 Å². The minimum absolute atomic E-state index is 0.0501. The van der Waals surface area contributed by atoms with Crippen LogP contribution in [0.3, 0.4) is 0 Å². The molecule has 0 saturated carbocycles. The molecular formula is C19H24N2O6S2. The van der Waals surface area contributed by atoms with Gasteiger partial charge in [0.15, 0.2) is 9.84 Å². The molecule has 2 rings (SSSR count). The van der Waals surface area contributed by atoms with Gasteiger partial charge in [-0.15, -0.1) is 0 Å². The molecule has 0 spiro atoms. The Balaban J connectivity index is 1.95. The average molecular weight is 441 g/mol. The van der Waals surface area contributed by atoms with Crippen LogP contribution in [0.2, 0.25) is 0 Å². The van der Waals surface area contributed by atoms with E-state index < -0.39 is 25.8 Å². The molecule has 2 aromatic rings. The first kappa shape index (κ1) is 22.9. The number of rotatable bonds is 10. The Kier molecular flexibility index (Phi) is 7.77. The fourth-order valence-electron chi connectivity index (χ4n) is 2.63. The number of methoxy groups -OCH3 is 1. The van der Waals surface area contributed by atoms with E-state index in [1.165, 1.54) is 32.4 Å². The van der Waals surface area contributed by atoms with Crippen molar-refractivity contribution in [2.75, 3.05) is 26.5 Å². The summed E-state index contributed by atoms with van der Waals surface area (Å²) >= 11 is 0. The highest BCUT2D eigenvalue weighted by atomic mass is 32.2. The van der Waals surface area contributed by atoms with Crippen LogP contribution in [0, 0.1) is 0 Å². The lowest BCUT2D eigenvalue weighted by molar-refractivity contribution is 0.0953. The summed E-state index contributed by atoms with van der Waals surface area (Å²) in [7, 11) is -4.50. The molecular weight excluding hydrogens is 416 g/mol. The lowest BCUT2D eigenvalue weighted by atomic mass is 10.2. The summed E-state index contributed by atoms with van der Waals surface area (Å²) in [6, 6.07) is 12.9. The number of sulfone groups is 1. The van der Waals surface area contributed by atoms with E-state index in [1.54, 1.807) is 24.3 Å². The molecule has 0 fully saturated rings. The number of hydrogen-bond donors (Lipinski definition) is 2. The number of nitrogens with one attached hydrogen (secondary N) is 2. The molecule has 1 amide bonds. The van der Waals surface area contributed by atoms with Crippen molar-refractivity contribution in [3.8, 4) is 5.75 Å². The summed E-state index contributed by atoms with van der Waals surface area (Å²) in [4.78, 5) is 12.2. The molecule has 0 aromatic heterocycles. The second-order valence-corrected chi connectivity index (χ2v) is 10.3. The van der Waals surface area contributed by atoms with E-state index in [0.29, 0.717) is 5.56 Å². The number of ether oxygens (including phenoxy) is 1. The van der Waals surface area contributed by atoms with Gasteiger partial charge < -0.3 is 10.1 Å². The van der Waals surface area contributed by atoms with Gasteiger partial charge in [0, 0.05) is 12.1 Å². The van der Waals surface area contributed by atoms with Gasteiger partial charge in [0.05, 0.1) is 18.6 Å². The van der Waals surface area contributed by atoms with Gasteiger partial charge in [-0.3, -0.25) is 4.79 Å². The van der Waals surface area contributed by atoms with E-state index >= 15 is 0 Å². The van der Waals surface area contributed by atoms with Gasteiger partial charge in [-0.2, -0.15) is 0 Å². The molecule has 2 aromatic carbocycles. The Morgan fingerprint density at radius 1 is 1.03 bits per heavy atom. The third-order valence-electron chi connectivity index (χ3n) is 4.13. The zero-order valence-electron chi connectivity index (χ0n) is 16.2. The summed E-state index contributed by atoms with van der Waals surface area (Å²) in [5.41, 5.74) is 0.847. The van der Waals surface area contributed by atoms with Crippen LogP contribution < -0.4 is 14.8 Å². The van der Waals surface area contributed by atoms with Crippen LogP contribution in [0.15, 0.2) is 53.4 Å². The van der Waals surface area contributed by atoms with Gasteiger partial charge in [-0.05, 0) is 37.2 Å². The van der Waals surface area contributed by atoms with Crippen molar-refractivity contribution in [2.45, 2.75) is 17.1 Å². The van der Waals surface area contributed by atoms with E-state index in [1.807, 2.05) is 6.07 Å². The molecule has 0 radical (unpaired) electrons. The Morgan fingerprint density at radius 3 is 2.34 bits per heavy atom. The van der Waals surface area contributed by atoms with Crippen molar-refractivity contribution in [3.05, 3.63) is 59.7 Å². The van der Waals surface area contributed by atoms with E-state index in [4.69, 9.17) is 4.74 Å². The standard InChI is InChI=1S/C19H24N2O6S2/c1-20-29(25,26)18-13-16(9-10-17(18)27-2)19(22)21-11-6-12-28(23,24)14-15-7-4-3-5-8-15/h3-5,7-10,13,20H,6,11-12,14H2,1-2H3,(H,21,22). The van der Waals surface area contributed by atoms with E-state index in [0.717, 1.165) is 0 Å². The number of hydrogen-bond acceptors (Lipinski definition) is 6. The van der Waals surface area contributed by atoms with E-state index in [-0.39, 0.29) is 40.7 Å². The van der Waals surface area contributed by atoms with Crippen LogP contribution in [0.4, 0.5) is 0 Å². The zero-order valence-corrected chi connectivity index (χ0v) is 17.8. The number of carbonyl (C=O) groups excluding carboxylic acids is 1. The maximum atomic E-state index is 12.3. The van der Waals surface area contributed by atoms with Gasteiger partial charge in [0.25, 0.3) is 5.91 Å². The van der Waals surface area contributed by atoms with E-state index in [9.17, 15) is 21.6 Å². The molecule has 0 atom stereocenters. The summed E-state index contributed by atoms with van der Waals surface area (Å²) in [6.07, 6.45) is 0.249. The smallest absolute Gasteiger partial charge is 0.251 e. The Morgan fingerprint density at radius 2 is 1.72 bits per heavy atom. The van der Waals surface area contributed by atoms with Crippen LogP contribution >= 0.6 is 0 Å². The highest BCUT2D eigenvalue weighted by Gasteiger charge is 2.20. The number of sulfonamides is 1. The largest absolute Gasteiger partial charge is 0.495 e. The molecule has 0 aliphatic heterocycles. The molecule has 0 aliphatic carbocycles. The van der Waals surface area contributed by atoms with Crippen molar-refractivity contribution in [3.63, 3.8) is 0 Å². The van der Waals surface area contributed by atoms with Crippen LogP contribution in [-0.4, -0.2) is 49.2 Å². The Labute approximate surface area is 171 Å². The lowest BCUT2D eigenvalue weighted by Gasteiger charge is -2.11. The highest BCUT2D eigenvalue weighted by Crippen LogP contribution is 2.24. The maximum Gasteiger partial charge on any atom is 0.251 e. The van der Waals surface area contributed by atoms with Crippen LogP contribution in [0.25, 0.3) is 0 Å². The topological polar surface area (TPSA) is 119 Å². The minimum atomic E-state index is -3.81. The van der Waals surface area contributed by atoms with Crippen molar-refractivity contribution in [1.82, 2.24) is 10.0 Å². The van der Waals surface area contributed by atoms with Gasteiger partial charge in [0.2, 0.25) is 10.0 Å². The third kappa shape index (κ3) is 6.55. The first-order valence-corrected chi connectivity index (χ1v) is 12.1. The van der Waals surface area contributed by atoms with E-state index in [2.05, 4.69) is 10.0 Å². The molecule has 29 heavy (non-hydrogen) atoms. The predicted octanol–water partition coefficient (Wildman–Crippen LogP) is 1.34. The SMILES string of the molecule is CNS(=O)(=O)c1cc(C(=O)NCCCS(=O)(=O)Cc2ccccc2)ccc1OC. The Bertz CT molecular complexity index is 1050. The number of benzene rings is 2. The Hall–Kier alpha value is -2.43. The molecule has 0 heterocycles. The zero-order chi connectivity index (χ0) is 21.5. The summed E-state index contributed by atoms with van der Waals surface area (Å²) in [5, 5.41) is 2.61. The van der Waals surface area contributed by atoms with Crippen LogP contribution in [-0.2, 0) is 25.6 Å². The average Bonchev–Trinajstić information content (AvgIpc) is 2.71. The lowest BCUT2D eigenvalue weighted by Crippen LogP contribution is -2.27. The highest BCUT2D eigenvalue weighted by molar-refractivity contribution is 7.90. The molecule has 0 aliphatic rings. The first-order valence-electron chi connectivity index (χ1n) is 8.82. The third-order valence-corrected chi connectivity index (χ3v) is 7.25. The molecule has 0 bridgehead atoms. The van der Waals surface area contributed by atoms with Crippen molar-refractivity contribution >= 4 is 25.8 Å². The fourth-order valence-corrected chi connectivity index (χ4v) is 4.98. The van der Waals surface area contributed by atoms with Crippen molar-refractivity contribution in [2.24, 2.45) is 0 Å². The van der Waals surface area contributed by atoms with Crippen molar-refractivity contribution < 1.29 is 26.4 Å². The molecule has 0 unspecified atom stereocenters. The summed E-state index contributed by atoms with van der Waals surface area (Å²) in [5.74, 6) is -0.501. The molecule has 2 N–H and O–H groups in total. The quantitative estimate of drug-likeness (QED) is 0.538. The monoisotopic (exact) mass is 440 g/mol. The molecule has 0 saturated heterocycles.